The Balaban J connectivity index is 2.04. The van der Waals surface area contributed by atoms with Gasteiger partial charge in [-0.25, -0.2) is 0 Å². The molecule has 1 heterocycles. The van der Waals surface area contributed by atoms with Crippen LogP contribution in [0.1, 0.15) is 48.8 Å². The minimum absolute atomic E-state index is 0.555. The summed E-state index contributed by atoms with van der Waals surface area (Å²) in [6.45, 7) is 7.74. The van der Waals surface area contributed by atoms with Crippen LogP contribution in [0.5, 0.6) is 0 Å². The summed E-state index contributed by atoms with van der Waals surface area (Å²) in [5.41, 5.74) is 4.77. The molecule has 3 rings (SSSR count). The molecule has 0 atom stereocenters. The van der Waals surface area contributed by atoms with Gasteiger partial charge in [0.15, 0.2) is 0 Å². The van der Waals surface area contributed by atoms with Crippen molar-refractivity contribution in [3.8, 4) is 0 Å². The smallest absolute Gasteiger partial charge is 0.0351 e. The maximum Gasteiger partial charge on any atom is 0.0351 e. The zero-order chi connectivity index (χ0) is 13.4. The minimum atomic E-state index is 0.555. The molecule has 1 N–H and O–H groups in total. The fourth-order valence-corrected chi connectivity index (χ4v) is 4.39. The van der Waals surface area contributed by atoms with E-state index in [2.05, 4.69) is 38.2 Å². The van der Waals surface area contributed by atoms with Crippen molar-refractivity contribution in [3.63, 3.8) is 0 Å². The van der Waals surface area contributed by atoms with Crippen LogP contribution < -0.4 is 5.32 Å². The topological polar surface area (TPSA) is 12.0 Å². The molecular weight excluding hydrogens is 250 g/mol. The lowest BCUT2D eigenvalue weighted by molar-refractivity contribution is 0.591. The fourth-order valence-electron chi connectivity index (χ4n) is 3.09. The second kappa shape index (κ2) is 5.26. The number of benzene rings is 1. The number of fused-ring (bicyclic) bond motifs is 2. The highest BCUT2D eigenvalue weighted by Gasteiger charge is 2.16. The van der Waals surface area contributed by atoms with E-state index in [0.29, 0.717) is 6.04 Å². The molecule has 19 heavy (non-hydrogen) atoms. The van der Waals surface area contributed by atoms with Gasteiger partial charge in [-0.3, -0.25) is 0 Å². The summed E-state index contributed by atoms with van der Waals surface area (Å²) in [6, 6.07) is 5.49. The van der Waals surface area contributed by atoms with Gasteiger partial charge in [0.1, 0.15) is 0 Å². The molecule has 0 saturated carbocycles. The molecule has 102 valence electrons. The first-order chi connectivity index (χ1) is 9.19. The molecule has 0 bridgehead atoms. The van der Waals surface area contributed by atoms with Gasteiger partial charge in [-0.05, 0) is 59.9 Å². The van der Waals surface area contributed by atoms with Crippen molar-refractivity contribution in [1.82, 2.24) is 5.32 Å². The predicted molar refractivity (Wildman–Crippen MR) is 85.2 cm³/mol. The normalized spacial score (nSPS) is 14.5. The second-order valence-electron chi connectivity index (χ2n) is 5.86. The minimum Gasteiger partial charge on any atom is -0.310 e. The molecule has 1 nitrogen and oxygen atoms in total. The van der Waals surface area contributed by atoms with Crippen LogP contribution in [-0.4, -0.2) is 6.04 Å². The van der Waals surface area contributed by atoms with E-state index in [9.17, 15) is 0 Å². The third-order valence-corrected chi connectivity index (χ3v) is 5.31. The largest absolute Gasteiger partial charge is 0.310 e. The average Bonchev–Trinajstić information content (AvgIpc) is 2.95. The van der Waals surface area contributed by atoms with Crippen LogP contribution >= 0.6 is 11.3 Å². The molecule has 0 amide bonds. The van der Waals surface area contributed by atoms with E-state index < -0.39 is 0 Å². The molecule has 0 spiro atoms. The maximum atomic E-state index is 3.57. The van der Waals surface area contributed by atoms with E-state index in [4.69, 9.17) is 0 Å². The van der Waals surface area contributed by atoms with Crippen molar-refractivity contribution in [2.24, 2.45) is 0 Å². The lowest BCUT2D eigenvalue weighted by Crippen LogP contribution is -2.21. The molecule has 1 aromatic heterocycles. The van der Waals surface area contributed by atoms with Gasteiger partial charge in [0.25, 0.3) is 0 Å². The summed E-state index contributed by atoms with van der Waals surface area (Å²) in [6.07, 6.45) is 5.05. The van der Waals surface area contributed by atoms with Crippen molar-refractivity contribution >= 4 is 21.4 Å². The summed E-state index contributed by atoms with van der Waals surface area (Å²) in [5.74, 6) is 0. The van der Waals surface area contributed by atoms with Crippen LogP contribution in [0.15, 0.2) is 12.1 Å². The molecule has 1 aliphatic rings. The Kier molecular flexibility index (Phi) is 3.64. The SMILES string of the molecule is CCc1c(CNC(C)C)sc2cc3c(cc12)CCC3. The molecule has 1 aliphatic carbocycles. The van der Waals surface area contributed by atoms with E-state index in [1.165, 1.54) is 34.2 Å². The maximum absolute atomic E-state index is 3.57. The highest BCUT2D eigenvalue weighted by molar-refractivity contribution is 7.19. The van der Waals surface area contributed by atoms with Gasteiger partial charge >= 0.3 is 0 Å². The lowest BCUT2D eigenvalue weighted by atomic mass is 10.0. The van der Waals surface area contributed by atoms with Crippen molar-refractivity contribution in [1.29, 1.82) is 0 Å². The first kappa shape index (κ1) is 13.1. The van der Waals surface area contributed by atoms with Crippen molar-refractivity contribution in [3.05, 3.63) is 33.7 Å². The third kappa shape index (κ3) is 2.44. The molecule has 2 aromatic rings. The van der Waals surface area contributed by atoms with Crippen LogP contribution in [0, 0.1) is 0 Å². The Morgan fingerprint density at radius 3 is 2.63 bits per heavy atom. The van der Waals surface area contributed by atoms with Gasteiger partial charge in [-0.2, -0.15) is 0 Å². The molecule has 0 aliphatic heterocycles. The molecule has 0 saturated heterocycles. The van der Waals surface area contributed by atoms with Gasteiger partial charge in [0.05, 0.1) is 0 Å². The van der Waals surface area contributed by atoms with Crippen molar-refractivity contribution < 1.29 is 0 Å². The Hall–Kier alpha value is -0.860. The van der Waals surface area contributed by atoms with Crippen LogP contribution in [0.25, 0.3) is 10.1 Å². The number of aryl methyl sites for hydroxylation is 3. The second-order valence-corrected chi connectivity index (χ2v) is 7.00. The Bertz CT molecular complexity index is 595. The van der Waals surface area contributed by atoms with Gasteiger partial charge in [0.2, 0.25) is 0 Å². The van der Waals surface area contributed by atoms with Crippen molar-refractivity contribution in [2.45, 2.75) is 59.0 Å². The highest BCUT2D eigenvalue weighted by Crippen LogP contribution is 2.36. The van der Waals surface area contributed by atoms with E-state index in [0.717, 1.165) is 13.0 Å². The summed E-state index contributed by atoms with van der Waals surface area (Å²) >= 11 is 1.99. The standard InChI is InChI=1S/C17H23NS/c1-4-14-15-8-12-6-5-7-13(12)9-16(15)19-17(14)10-18-11(2)3/h8-9,11,18H,4-7,10H2,1-3H3. The molecule has 2 heteroatoms. The first-order valence-corrected chi connectivity index (χ1v) is 8.30. The van der Waals surface area contributed by atoms with Crippen molar-refractivity contribution in [2.75, 3.05) is 0 Å². The number of rotatable bonds is 4. The van der Waals surface area contributed by atoms with E-state index in [1.54, 1.807) is 16.7 Å². The zero-order valence-corrected chi connectivity index (χ0v) is 13.0. The molecule has 0 radical (unpaired) electrons. The highest BCUT2D eigenvalue weighted by atomic mass is 32.1. The fraction of sp³-hybridized carbons (Fsp3) is 0.529. The van der Waals surface area contributed by atoms with E-state index in [1.807, 2.05) is 11.3 Å². The summed E-state index contributed by atoms with van der Waals surface area (Å²) < 4.78 is 1.50. The van der Waals surface area contributed by atoms with Gasteiger partial charge in [0, 0.05) is 22.2 Å². The van der Waals surface area contributed by atoms with Gasteiger partial charge in [-0.1, -0.05) is 20.8 Å². The number of hydrogen-bond acceptors (Lipinski definition) is 2. The summed E-state index contributed by atoms with van der Waals surface area (Å²) in [7, 11) is 0. The molecular formula is C17H23NS. The van der Waals surface area contributed by atoms with Gasteiger partial charge < -0.3 is 5.32 Å². The monoisotopic (exact) mass is 273 g/mol. The Morgan fingerprint density at radius 2 is 1.95 bits per heavy atom. The van der Waals surface area contributed by atoms with Crippen LogP contribution in [0.2, 0.25) is 0 Å². The number of hydrogen-bond donors (Lipinski definition) is 1. The van der Waals surface area contributed by atoms with E-state index >= 15 is 0 Å². The van der Waals surface area contributed by atoms with Gasteiger partial charge in [-0.15, -0.1) is 11.3 Å². The Labute approximate surface area is 120 Å². The van der Waals surface area contributed by atoms with Crippen LogP contribution in [-0.2, 0) is 25.8 Å². The predicted octanol–water partition coefficient (Wildman–Crippen LogP) is 4.45. The summed E-state index contributed by atoms with van der Waals surface area (Å²) in [4.78, 5) is 1.54. The molecule has 0 fully saturated rings. The quantitative estimate of drug-likeness (QED) is 0.868. The zero-order valence-electron chi connectivity index (χ0n) is 12.2. The van der Waals surface area contributed by atoms with Crippen LogP contribution in [0.4, 0.5) is 0 Å². The third-order valence-electron chi connectivity index (χ3n) is 4.11. The lowest BCUT2D eigenvalue weighted by Gasteiger charge is -2.08. The number of thiophene rings is 1. The summed E-state index contributed by atoms with van der Waals surface area (Å²) in [5, 5.41) is 5.09. The molecule has 0 unspecified atom stereocenters. The van der Waals surface area contributed by atoms with E-state index in [-0.39, 0.29) is 0 Å². The number of nitrogens with one attached hydrogen (secondary N) is 1. The first-order valence-electron chi connectivity index (χ1n) is 7.48. The average molecular weight is 273 g/mol. The molecule has 1 aromatic carbocycles. The Morgan fingerprint density at radius 1 is 1.21 bits per heavy atom. The van der Waals surface area contributed by atoms with Crippen LogP contribution in [0.3, 0.4) is 0 Å².